The van der Waals surface area contributed by atoms with Gasteiger partial charge in [0, 0.05) is 49.1 Å². The Kier molecular flexibility index (Phi) is 6.50. The van der Waals surface area contributed by atoms with Crippen LogP contribution in [0.3, 0.4) is 0 Å². The van der Waals surface area contributed by atoms with Crippen molar-refractivity contribution in [1.82, 2.24) is 25.3 Å². The molecule has 0 saturated carbocycles. The van der Waals surface area contributed by atoms with Gasteiger partial charge < -0.3 is 25.7 Å². The number of aromatic nitrogens is 4. The lowest BCUT2D eigenvalue weighted by Gasteiger charge is -2.39. The molecule has 2 amide bonds. The molecule has 1 aliphatic rings. The second-order valence-electron chi connectivity index (χ2n) is 8.70. The molecule has 11 nitrogen and oxygen atoms in total. The highest BCUT2D eigenvalue weighted by atomic mass is 16.5. The van der Waals surface area contributed by atoms with Crippen LogP contribution < -0.4 is 16.0 Å². The van der Waals surface area contributed by atoms with E-state index in [9.17, 15) is 14.4 Å². The van der Waals surface area contributed by atoms with Crippen molar-refractivity contribution >= 4 is 34.8 Å². The number of nitrogens with two attached hydrogens (primary N) is 1. The van der Waals surface area contributed by atoms with E-state index in [1.807, 2.05) is 11.0 Å². The Bertz CT molecular complexity index is 1460. The number of carbonyl (C=O) groups excluding carboxylic acids is 3. The number of hydrogen-bond donors (Lipinski definition) is 3. The first-order chi connectivity index (χ1) is 17.9. The second kappa shape index (κ2) is 10.1. The number of para-hydroxylation sites is 1. The average molecular weight is 500 g/mol. The summed E-state index contributed by atoms with van der Waals surface area (Å²) in [5.74, 6) is 0.250. The molecular weight excluding hydrogens is 474 g/mol. The van der Waals surface area contributed by atoms with Crippen LogP contribution in [0.5, 0.6) is 0 Å². The number of ether oxygens (including phenoxy) is 1. The van der Waals surface area contributed by atoms with Gasteiger partial charge >= 0.3 is 5.97 Å². The molecule has 0 unspecified atom stereocenters. The van der Waals surface area contributed by atoms with Gasteiger partial charge in [0.1, 0.15) is 11.3 Å². The number of primary amides is 1. The van der Waals surface area contributed by atoms with Crippen molar-refractivity contribution in [1.29, 1.82) is 0 Å². The number of nitrogens with zero attached hydrogens (tertiary/aromatic N) is 4. The van der Waals surface area contributed by atoms with Gasteiger partial charge in [0.25, 0.3) is 11.8 Å². The normalized spacial score (nSPS) is 13.3. The molecule has 2 aromatic carbocycles. The fourth-order valence-electron chi connectivity index (χ4n) is 4.15. The summed E-state index contributed by atoms with van der Waals surface area (Å²) in [7, 11) is 0. The zero-order chi connectivity index (χ0) is 25.9. The summed E-state index contributed by atoms with van der Waals surface area (Å²) in [5.41, 5.74) is 8.66. The van der Waals surface area contributed by atoms with Gasteiger partial charge in [0.05, 0.1) is 23.3 Å². The van der Waals surface area contributed by atoms with Crippen molar-refractivity contribution in [2.45, 2.75) is 6.92 Å². The number of amides is 2. The zero-order valence-electron chi connectivity index (χ0n) is 20.1. The van der Waals surface area contributed by atoms with Crippen molar-refractivity contribution in [3.63, 3.8) is 0 Å². The average Bonchev–Trinajstić information content (AvgIpc) is 3.32. The molecule has 4 N–H and O–H groups in total. The van der Waals surface area contributed by atoms with Gasteiger partial charge in [-0.3, -0.25) is 9.59 Å². The Balaban J connectivity index is 1.14. The highest BCUT2D eigenvalue weighted by molar-refractivity contribution is 6.04. The van der Waals surface area contributed by atoms with Gasteiger partial charge in [0.2, 0.25) is 5.95 Å². The summed E-state index contributed by atoms with van der Waals surface area (Å²) in [6.07, 6.45) is 2.92. The maximum absolute atomic E-state index is 12.6. The molecule has 0 spiro atoms. The van der Waals surface area contributed by atoms with Crippen LogP contribution in [0.2, 0.25) is 0 Å². The number of benzene rings is 2. The van der Waals surface area contributed by atoms with Crippen LogP contribution in [-0.4, -0.2) is 64.0 Å². The zero-order valence-corrected chi connectivity index (χ0v) is 20.1. The summed E-state index contributed by atoms with van der Waals surface area (Å²) >= 11 is 0. The highest BCUT2D eigenvalue weighted by Crippen LogP contribution is 2.24. The third kappa shape index (κ3) is 4.96. The van der Waals surface area contributed by atoms with Crippen LogP contribution in [0.1, 0.15) is 38.0 Å². The van der Waals surface area contributed by atoms with E-state index in [0.717, 1.165) is 5.56 Å². The van der Waals surface area contributed by atoms with Crippen molar-refractivity contribution in [2.75, 3.05) is 31.1 Å². The van der Waals surface area contributed by atoms with Gasteiger partial charge in [-0.05, 0) is 31.2 Å². The topological polar surface area (TPSA) is 156 Å². The minimum Gasteiger partial charge on any atom is -0.462 e. The van der Waals surface area contributed by atoms with E-state index < -0.39 is 11.9 Å². The van der Waals surface area contributed by atoms with Gasteiger partial charge in [-0.25, -0.2) is 19.7 Å². The predicted molar refractivity (Wildman–Crippen MR) is 136 cm³/mol. The number of rotatable bonds is 8. The van der Waals surface area contributed by atoms with E-state index in [4.69, 9.17) is 10.5 Å². The van der Waals surface area contributed by atoms with Crippen molar-refractivity contribution in [3.05, 3.63) is 71.5 Å². The lowest BCUT2D eigenvalue weighted by Crippen LogP contribution is -2.52. The van der Waals surface area contributed by atoms with Crippen LogP contribution >= 0.6 is 0 Å². The highest BCUT2D eigenvalue weighted by Gasteiger charge is 2.29. The number of fused-ring (bicyclic) bond motifs is 1. The number of nitrogens with one attached hydrogen (secondary N) is 2. The molecule has 0 bridgehead atoms. The number of H-pyrrole nitrogens is 1. The van der Waals surface area contributed by atoms with E-state index in [0.29, 0.717) is 65.7 Å². The summed E-state index contributed by atoms with van der Waals surface area (Å²) in [5, 5.41) is 2.97. The Morgan fingerprint density at radius 1 is 1.08 bits per heavy atom. The summed E-state index contributed by atoms with van der Waals surface area (Å²) < 4.78 is 4.94. The number of anilines is 1. The molecule has 2 aromatic heterocycles. The quantitative estimate of drug-likeness (QED) is 0.311. The first-order valence-electron chi connectivity index (χ1n) is 11.8. The van der Waals surface area contributed by atoms with Crippen LogP contribution in [0.4, 0.5) is 5.95 Å². The number of hydrogen-bond acceptors (Lipinski definition) is 8. The molecule has 0 radical (unpaired) electrons. The molecule has 37 heavy (non-hydrogen) atoms. The Morgan fingerprint density at radius 2 is 1.81 bits per heavy atom. The standard InChI is InChI=1S/C26H25N7O4/c1-2-37-25(36)18-11-29-26(30-12-18)33-13-15(14-33)10-28-24(35)17-8-6-16(7-9-17)23-31-20-5-3-4-19(22(27)34)21(20)32-23/h3-9,11-12,15H,2,10,13-14H2,1H3,(H2,27,34)(H,28,35)(H,31,32). The molecule has 1 aliphatic heterocycles. The molecular formula is C26H25N7O4. The maximum Gasteiger partial charge on any atom is 0.341 e. The Hall–Kier alpha value is -4.80. The molecule has 3 heterocycles. The maximum atomic E-state index is 12.6. The third-order valence-corrected chi connectivity index (χ3v) is 6.14. The molecule has 4 aromatic rings. The summed E-state index contributed by atoms with van der Waals surface area (Å²) in [4.78, 5) is 54.2. The number of aromatic amines is 1. The number of imidazole rings is 1. The van der Waals surface area contributed by atoms with Crippen LogP contribution in [0, 0.1) is 5.92 Å². The molecule has 5 rings (SSSR count). The Labute approximate surface area is 212 Å². The van der Waals surface area contributed by atoms with Gasteiger partial charge in [0.15, 0.2) is 0 Å². The van der Waals surface area contributed by atoms with Crippen LogP contribution in [0.25, 0.3) is 22.4 Å². The smallest absolute Gasteiger partial charge is 0.341 e. The molecule has 0 aliphatic carbocycles. The van der Waals surface area contributed by atoms with E-state index in [1.165, 1.54) is 12.4 Å². The first kappa shape index (κ1) is 23.9. The largest absolute Gasteiger partial charge is 0.462 e. The van der Waals surface area contributed by atoms with E-state index in [-0.39, 0.29) is 11.8 Å². The van der Waals surface area contributed by atoms with Crippen LogP contribution in [-0.2, 0) is 4.74 Å². The molecule has 1 saturated heterocycles. The monoisotopic (exact) mass is 499 g/mol. The fourth-order valence-corrected chi connectivity index (χ4v) is 4.15. The van der Waals surface area contributed by atoms with Crippen molar-refractivity contribution in [2.24, 2.45) is 11.7 Å². The van der Waals surface area contributed by atoms with Gasteiger partial charge in [-0.2, -0.15) is 0 Å². The molecule has 1 fully saturated rings. The fraction of sp³-hybridized carbons (Fsp3) is 0.231. The van der Waals surface area contributed by atoms with E-state index >= 15 is 0 Å². The SMILES string of the molecule is CCOC(=O)c1cnc(N2CC(CNC(=O)c3ccc(-c4nc5c(C(N)=O)cccc5[nH]4)cc3)C2)nc1. The van der Waals surface area contributed by atoms with Crippen LogP contribution in [0.15, 0.2) is 54.9 Å². The summed E-state index contributed by atoms with van der Waals surface area (Å²) in [6.45, 7) is 3.98. The number of esters is 1. The van der Waals surface area contributed by atoms with E-state index in [2.05, 4.69) is 25.3 Å². The first-order valence-corrected chi connectivity index (χ1v) is 11.8. The molecule has 188 valence electrons. The van der Waals surface area contributed by atoms with Crippen molar-refractivity contribution in [3.8, 4) is 11.4 Å². The minimum absolute atomic E-state index is 0.166. The predicted octanol–water partition coefficient (Wildman–Crippen LogP) is 2.16. The third-order valence-electron chi connectivity index (χ3n) is 6.14. The van der Waals surface area contributed by atoms with E-state index in [1.54, 1.807) is 43.3 Å². The van der Waals surface area contributed by atoms with Crippen molar-refractivity contribution < 1.29 is 19.1 Å². The minimum atomic E-state index is -0.537. The Morgan fingerprint density at radius 3 is 2.49 bits per heavy atom. The van der Waals surface area contributed by atoms with Gasteiger partial charge in [-0.1, -0.05) is 18.2 Å². The lowest BCUT2D eigenvalue weighted by molar-refractivity contribution is 0.0525. The second-order valence-corrected chi connectivity index (χ2v) is 8.70. The lowest BCUT2D eigenvalue weighted by atomic mass is 10.0. The number of carbonyl (C=O) groups is 3. The molecule has 0 atom stereocenters. The molecule has 11 heteroatoms. The van der Waals surface area contributed by atoms with Gasteiger partial charge in [-0.15, -0.1) is 0 Å². The summed E-state index contributed by atoms with van der Waals surface area (Å²) in [6, 6.07) is 12.3.